The normalized spacial score (nSPS) is 11.4. The first kappa shape index (κ1) is 24.4. The van der Waals surface area contributed by atoms with Gasteiger partial charge in [-0.1, -0.05) is 37.6 Å². The Morgan fingerprint density at radius 2 is 1.85 bits per heavy atom. The van der Waals surface area contributed by atoms with Crippen molar-refractivity contribution in [2.75, 3.05) is 5.32 Å². The Kier molecular flexibility index (Phi) is 6.28. The van der Waals surface area contributed by atoms with E-state index in [0.717, 1.165) is 18.4 Å². The third kappa shape index (κ3) is 4.61. The third-order valence-corrected chi connectivity index (χ3v) is 6.47. The lowest BCUT2D eigenvalue weighted by atomic mass is 10.0. The fourth-order valence-corrected chi connectivity index (χ4v) is 4.58. The minimum absolute atomic E-state index is 0.0684. The highest BCUT2D eigenvalue weighted by molar-refractivity contribution is 5.98. The molecule has 0 unspecified atom stereocenters. The third-order valence-electron chi connectivity index (χ3n) is 6.47. The number of pyridine rings is 2. The van der Waals surface area contributed by atoms with Gasteiger partial charge in [0.2, 0.25) is 5.91 Å². The fourth-order valence-electron chi connectivity index (χ4n) is 4.58. The molecule has 8 nitrogen and oxygen atoms in total. The van der Waals surface area contributed by atoms with Crippen molar-refractivity contribution in [3.63, 3.8) is 0 Å². The van der Waals surface area contributed by atoms with Crippen LogP contribution in [0.25, 0.3) is 55.8 Å². The van der Waals surface area contributed by atoms with Crippen LogP contribution in [0.5, 0.6) is 0 Å². The van der Waals surface area contributed by atoms with Crippen molar-refractivity contribution in [3.8, 4) is 33.9 Å². The highest BCUT2D eigenvalue weighted by Gasteiger charge is 2.21. The summed E-state index contributed by atoms with van der Waals surface area (Å²) >= 11 is 0. The van der Waals surface area contributed by atoms with Crippen LogP contribution in [0.3, 0.4) is 0 Å². The highest BCUT2D eigenvalue weighted by Crippen LogP contribution is 2.35. The molecule has 4 heterocycles. The van der Waals surface area contributed by atoms with E-state index in [1.807, 2.05) is 31.2 Å². The molecule has 4 aromatic heterocycles. The van der Waals surface area contributed by atoms with Crippen LogP contribution in [0.15, 0.2) is 67.1 Å². The zero-order valence-electron chi connectivity index (χ0n) is 20.9. The number of benzene rings is 2. The lowest BCUT2D eigenvalue weighted by molar-refractivity contribution is -0.116. The maximum Gasteiger partial charge on any atom is 0.224 e. The number of halogens is 2. The quantitative estimate of drug-likeness (QED) is 0.217. The molecule has 0 saturated heterocycles. The number of aromatic amines is 2. The molecule has 6 aromatic rings. The molecule has 0 spiro atoms. The second kappa shape index (κ2) is 10.1. The number of hydrogen-bond acceptors (Lipinski definition) is 5. The first-order valence-electron chi connectivity index (χ1n) is 12.5. The number of aromatic nitrogens is 6. The molecule has 0 aliphatic carbocycles. The monoisotopic (exact) mass is 523 g/mol. The second-order valence-electron chi connectivity index (χ2n) is 9.19. The number of nitrogens with zero attached hydrogens (tertiary/aromatic N) is 4. The fraction of sp³-hybridized carbons (Fsp3) is 0.138. The van der Waals surface area contributed by atoms with E-state index in [1.165, 1.54) is 30.7 Å². The maximum absolute atomic E-state index is 16.0. The van der Waals surface area contributed by atoms with E-state index in [0.29, 0.717) is 45.6 Å². The van der Waals surface area contributed by atoms with Crippen molar-refractivity contribution in [1.29, 1.82) is 0 Å². The summed E-state index contributed by atoms with van der Waals surface area (Å²) in [5.74, 6) is -0.719. The van der Waals surface area contributed by atoms with Crippen LogP contribution >= 0.6 is 0 Å². The van der Waals surface area contributed by atoms with Gasteiger partial charge in [0.05, 0.1) is 40.0 Å². The van der Waals surface area contributed by atoms with Crippen LogP contribution < -0.4 is 5.32 Å². The molecular weight excluding hydrogens is 500 g/mol. The Balaban J connectivity index is 1.41. The van der Waals surface area contributed by atoms with Crippen molar-refractivity contribution in [1.82, 2.24) is 30.1 Å². The number of hydrogen-bond donors (Lipinski definition) is 3. The Morgan fingerprint density at radius 1 is 0.974 bits per heavy atom. The summed E-state index contributed by atoms with van der Waals surface area (Å²) in [7, 11) is 0. The molecular formula is C29H23F2N7O. The Hall–Kier alpha value is -4.99. The van der Waals surface area contributed by atoms with Crippen LogP contribution in [0.1, 0.15) is 26.2 Å². The topological polar surface area (TPSA) is 112 Å². The molecule has 6 rings (SSSR count). The molecule has 0 saturated carbocycles. The smallest absolute Gasteiger partial charge is 0.224 e. The van der Waals surface area contributed by atoms with E-state index in [4.69, 9.17) is 4.98 Å². The Morgan fingerprint density at radius 3 is 2.69 bits per heavy atom. The van der Waals surface area contributed by atoms with Gasteiger partial charge in [0.15, 0.2) is 11.6 Å². The molecule has 0 fully saturated rings. The summed E-state index contributed by atoms with van der Waals surface area (Å²) in [6, 6.07) is 13.5. The summed E-state index contributed by atoms with van der Waals surface area (Å²) < 4.78 is 29.9. The average Bonchev–Trinajstić information content (AvgIpc) is 3.57. The number of unbranched alkanes of at least 4 members (excludes halogenated alkanes) is 1. The molecule has 2 aromatic carbocycles. The van der Waals surface area contributed by atoms with Gasteiger partial charge in [-0.2, -0.15) is 5.10 Å². The first-order chi connectivity index (χ1) is 19.0. The summed E-state index contributed by atoms with van der Waals surface area (Å²) in [6.07, 6.45) is 6.59. The molecule has 194 valence electrons. The largest absolute Gasteiger partial charge is 0.337 e. The van der Waals surface area contributed by atoms with Crippen molar-refractivity contribution < 1.29 is 13.6 Å². The molecule has 10 heteroatoms. The molecule has 0 atom stereocenters. The number of carbonyl (C=O) groups is 1. The molecule has 39 heavy (non-hydrogen) atoms. The molecule has 1 amide bonds. The van der Waals surface area contributed by atoms with Gasteiger partial charge in [-0.25, -0.2) is 13.8 Å². The number of para-hydroxylation sites is 1. The minimum atomic E-state index is -0.599. The molecule has 0 bridgehead atoms. The number of imidazole rings is 1. The number of fused-ring (bicyclic) bond motifs is 2. The van der Waals surface area contributed by atoms with E-state index >= 15 is 4.39 Å². The molecule has 3 N–H and O–H groups in total. The zero-order chi connectivity index (χ0) is 26.9. The lowest BCUT2D eigenvalue weighted by Crippen LogP contribution is -2.11. The van der Waals surface area contributed by atoms with Gasteiger partial charge in [-0.3, -0.25) is 19.9 Å². The van der Waals surface area contributed by atoms with Gasteiger partial charge >= 0.3 is 0 Å². The van der Waals surface area contributed by atoms with Crippen LogP contribution in [-0.4, -0.2) is 36.0 Å². The van der Waals surface area contributed by atoms with Crippen LogP contribution in [0, 0.1) is 11.6 Å². The number of carbonyl (C=O) groups excluding carboxylic acids is 1. The maximum atomic E-state index is 16.0. The minimum Gasteiger partial charge on any atom is -0.337 e. The van der Waals surface area contributed by atoms with Crippen molar-refractivity contribution in [3.05, 3.63) is 78.8 Å². The number of anilines is 1. The van der Waals surface area contributed by atoms with Crippen molar-refractivity contribution in [2.45, 2.75) is 26.2 Å². The predicted molar refractivity (Wildman–Crippen MR) is 146 cm³/mol. The number of nitrogens with one attached hydrogen (secondary N) is 3. The van der Waals surface area contributed by atoms with Gasteiger partial charge in [0, 0.05) is 23.7 Å². The lowest BCUT2D eigenvalue weighted by Gasteiger charge is -2.08. The summed E-state index contributed by atoms with van der Waals surface area (Å²) in [4.78, 5) is 28.6. The van der Waals surface area contributed by atoms with Crippen molar-refractivity contribution >= 4 is 33.5 Å². The van der Waals surface area contributed by atoms with Gasteiger partial charge in [-0.15, -0.1) is 0 Å². The average molecular weight is 524 g/mol. The molecule has 0 aliphatic rings. The Bertz CT molecular complexity index is 1840. The summed E-state index contributed by atoms with van der Waals surface area (Å²) in [6.45, 7) is 2.01. The van der Waals surface area contributed by atoms with Crippen LogP contribution in [-0.2, 0) is 4.79 Å². The standard InChI is InChI=1S/C29H23F2N7O/c1-2-3-10-23(39)34-19-12-17(13-32-14-19)26-25(31)24-22(15-33-26)37-38-28(24)29-35-21-9-5-8-20(27(21)36-29)16-6-4-7-18(30)11-16/h4-9,11-15H,2-3,10H2,1H3,(H,34,39)(H,35,36)(H,37,38). The zero-order valence-corrected chi connectivity index (χ0v) is 20.9. The van der Waals surface area contributed by atoms with E-state index in [2.05, 4.69) is 30.5 Å². The number of H-pyrrole nitrogens is 2. The second-order valence-corrected chi connectivity index (χ2v) is 9.19. The van der Waals surface area contributed by atoms with Crippen LogP contribution in [0.4, 0.5) is 14.5 Å². The predicted octanol–water partition coefficient (Wildman–Crippen LogP) is 6.64. The SMILES string of the molecule is CCCCC(=O)Nc1cncc(-c2ncc3[nH]nc(-c4nc5c(-c6cccc(F)c6)cccc5[nH]4)c3c2F)c1. The van der Waals surface area contributed by atoms with E-state index in [1.54, 1.807) is 12.1 Å². The first-order valence-corrected chi connectivity index (χ1v) is 12.5. The summed E-state index contributed by atoms with van der Waals surface area (Å²) in [5.41, 5.74) is 4.35. The van der Waals surface area contributed by atoms with Crippen molar-refractivity contribution in [2.24, 2.45) is 0 Å². The van der Waals surface area contributed by atoms with Gasteiger partial charge in [0.25, 0.3) is 0 Å². The van der Waals surface area contributed by atoms with E-state index in [9.17, 15) is 9.18 Å². The van der Waals surface area contributed by atoms with Gasteiger partial charge < -0.3 is 10.3 Å². The highest BCUT2D eigenvalue weighted by atomic mass is 19.1. The molecule has 0 aliphatic heterocycles. The Labute approximate surface area is 221 Å². The number of rotatable bonds is 7. The van der Waals surface area contributed by atoms with Gasteiger partial charge in [0.1, 0.15) is 17.2 Å². The number of amides is 1. The van der Waals surface area contributed by atoms with E-state index < -0.39 is 5.82 Å². The van der Waals surface area contributed by atoms with E-state index in [-0.39, 0.29) is 28.5 Å². The molecule has 0 radical (unpaired) electrons. The van der Waals surface area contributed by atoms with Gasteiger partial charge in [-0.05, 0) is 36.2 Å². The van der Waals surface area contributed by atoms with Crippen LogP contribution in [0.2, 0.25) is 0 Å². The summed E-state index contributed by atoms with van der Waals surface area (Å²) in [5, 5.41) is 10.2.